The van der Waals surface area contributed by atoms with E-state index in [1.807, 2.05) is 66.7 Å². The van der Waals surface area contributed by atoms with Crippen LogP contribution in [0.15, 0.2) is 71.1 Å². The number of methoxy groups -OCH3 is 1. The number of benzene rings is 3. The average molecular weight is 331 g/mol. The van der Waals surface area contributed by atoms with E-state index in [4.69, 9.17) is 9.15 Å². The van der Waals surface area contributed by atoms with Crippen molar-refractivity contribution in [1.82, 2.24) is 0 Å². The van der Waals surface area contributed by atoms with Gasteiger partial charge in [-0.2, -0.15) is 0 Å². The molecular formula is C21H17NO3. The monoisotopic (exact) mass is 331 g/mol. The van der Waals surface area contributed by atoms with Crippen molar-refractivity contribution in [3.63, 3.8) is 0 Å². The Balaban J connectivity index is 1.59. The fourth-order valence-corrected chi connectivity index (χ4v) is 3.03. The predicted molar refractivity (Wildman–Crippen MR) is 99.0 cm³/mol. The smallest absolute Gasteiger partial charge is 0.228 e. The first-order chi connectivity index (χ1) is 12.2. The van der Waals surface area contributed by atoms with E-state index in [9.17, 15) is 4.79 Å². The molecule has 0 spiro atoms. The van der Waals surface area contributed by atoms with Crippen LogP contribution in [0.1, 0.15) is 5.56 Å². The fourth-order valence-electron chi connectivity index (χ4n) is 3.03. The summed E-state index contributed by atoms with van der Waals surface area (Å²) in [5.41, 5.74) is 3.26. The number of carbonyl (C=O) groups is 1. The molecule has 25 heavy (non-hydrogen) atoms. The number of para-hydroxylation sites is 2. The Morgan fingerprint density at radius 1 is 0.960 bits per heavy atom. The molecule has 3 aromatic carbocycles. The van der Waals surface area contributed by atoms with Crippen LogP contribution >= 0.6 is 0 Å². The molecule has 1 amide bonds. The lowest BCUT2D eigenvalue weighted by Crippen LogP contribution is -2.14. The van der Waals surface area contributed by atoms with E-state index in [0.717, 1.165) is 33.2 Å². The van der Waals surface area contributed by atoms with Crippen molar-refractivity contribution in [3.05, 3.63) is 72.3 Å². The summed E-state index contributed by atoms with van der Waals surface area (Å²) in [5, 5.41) is 4.98. The van der Waals surface area contributed by atoms with Crippen LogP contribution < -0.4 is 10.1 Å². The third kappa shape index (κ3) is 2.94. The maximum absolute atomic E-state index is 12.4. The highest BCUT2D eigenvalue weighted by molar-refractivity contribution is 6.07. The number of furan rings is 1. The first kappa shape index (κ1) is 15.3. The minimum atomic E-state index is -0.0864. The third-order valence-electron chi connectivity index (χ3n) is 4.20. The van der Waals surface area contributed by atoms with Gasteiger partial charge in [-0.05, 0) is 30.3 Å². The molecule has 0 aliphatic carbocycles. The lowest BCUT2D eigenvalue weighted by molar-refractivity contribution is -0.115. The van der Waals surface area contributed by atoms with Crippen molar-refractivity contribution in [2.45, 2.75) is 6.42 Å². The topological polar surface area (TPSA) is 51.5 Å². The van der Waals surface area contributed by atoms with Gasteiger partial charge in [0, 0.05) is 22.0 Å². The molecule has 1 aromatic heterocycles. The molecular weight excluding hydrogens is 314 g/mol. The molecule has 1 N–H and O–H groups in total. The quantitative estimate of drug-likeness (QED) is 0.586. The molecule has 4 rings (SSSR count). The van der Waals surface area contributed by atoms with E-state index >= 15 is 0 Å². The van der Waals surface area contributed by atoms with Gasteiger partial charge in [0.15, 0.2) is 0 Å². The molecule has 4 heteroatoms. The van der Waals surface area contributed by atoms with E-state index in [0.29, 0.717) is 5.75 Å². The van der Waals surface area contributed by atoms with Gasteiger partial charge in [-0.3, -0.25) is 4.79 Å². The van der Waals surface area contributed by atoms with Crippen LogP contribution in [-0.4, -0.2) is 13.0 Å². The summed E-state index contributed by atoms with van der Waals surface area (Å²) < 4.78 is 11.1. The second kappa shape index (κ2) is 6.32. The van der Waals surface area contributed by atoms with Gasteiger partial charge in [0.25, 0.3) is 0 Å². The first-order valence-electron chi connectivity index (χ1n) is 8.07. The number of rotatable bonds is 4. The number of anilines is 1. The Bertz CT molecular complexity index is 1070. The SMILES string of the molecule is COc1ccccc1CC(=O)Nc1ccc2oc3ccccc3c2c1. The van der Waals surface area contributed by atoms with Crippen LogP contribution in [0.3, 0.4) is 0 Å². The fraction of sp³-hybridized carbons (Fsp3) is 0.0952. The Hall–Kier alpha value is -3.27. The van der Waals surface area contributed by atoms with Gasteiger partial charge in [-0.1, -0.05) is 36.4 Å². The standard InChI is InChI=1S/C21H17NO3/c1-24-18-8-4-2-6-14(18)12-21(23)22-15-10-11-20-17(13-15)16-7-3-5-9-19(16)25-20/h2-11,13H,12H2,1H3,(H,22,23). The molecule has 0 saturated carbocycles. The van der Waals surface area contributed by atoms with Crippen LogP contribution in [0.5, 0.6) is 5.75 Å². The maximum Gasteiger partial charge on any atom is 0.228 e. The number of fused-ring (bicyclic) bond motifs is 3. The van der Waals surface area contributed by atoms with Crippen LogP contribution in [0.2, 0.25) is 0 Å². The number of hydrogen-bond donors (Lipinski definition) is 1. The molecule has 124 valence electrons. The molecule has 1 heterocycles. The third-order valence-corrected chi connectivity index (χ3v) is 4.20. The Labute approximate surface area is 145 Å². The number of amides is 1. The number of ether oxygens (including phenoxy) is 1. The van der Waals surface area contributed by atoms with Gasteiger partial charge in [-0.15, -0.1) is 0 Å². The first-order valence-corrected chi connectivity index (χ1v) is 8.07. The van der Waals surface area contributed by atoms with Crippen LogP contribution in [-0.2, 0) is 11.2 Å². The van der Waals surface area contributed by atoms with Crippen molar-refractivity contribution in [3.8, 4) is 5.75 Å². The zero-order valence-corrected chi connectivity index (χ0v) is 13.8. The zero-order chi connectivity index (χ0) is 17.2. The molecule has 4 nitrogen and oxygen atoms in total. The Morgan fingerprint density at radius 2 is 1.72 bits per heavy atom. The van der Waals surface area contributed by atoms with E-state index in [-0.39, 0.29) is 12.3 Å². The number of nitrogens with one attached hydrogen (secondary N) is 1. The van der Waals surface area contributed by atoms with Crippen LogP contribution in [0, 0.1) is 0 Å². The largest absolute Gasteiger partial charge is 0.496 e. The van der Waals surface area contributed by atoms with E-state index in [1.54, 1.807) is 7.11 Å². The second-order valence-electron chi connectivity index (χ2n) is 5.85. The molecule has 0 radical (unpaired) electrons. The molecule has 0 unspecified atom stereocenters. The van der Waals surface area contributed by atoms with Gasteiger partial charge in [0.1, 0.15) is 16.9 Å². The zero-order valence-electron chi connectivity index (χ0n) is 13.8. The Kier molecular flexibility index (Phi) is 3.86. The number of hydrogen-bond acceptors (Lipinski definition) is 3. The van der Waals surface area contributed by atoms with Crippen molar-refractivity contribution in [1.29, 1.82) is 0 Å². The van der Waals surface area contributed by atoms with Crippen LogP contribution in [0.4, 0.5) is 5.69 Å². The van der Waals surface area contributed by atoms with Gasteiger partial charge < -0.3 is 14.5 Å². The van der Waals surface area contributed by atoms with Gasteiger partial charge in [0.2, 0.25) is 5.91 Å². The highest BCUT2D eigenvalue weighted by Gasteiger charge is 2.11. The van der Waals surface area contributed by atoms with Crippen LogP contribution in [0.25, 0.3) is 21.9 Å². The Morgan fingerprint density at radius 3 is 2.60 bits per heavy atom. The van der Waals surface area contributed by atoms with E-state index in [2.05, 4.69) is 5.32 Å². The number of carbonyl (C=O) groups excluding carboxylic acids is 1. The predicted octanol–water partition coefficient (Wildman–Crippen LogP) is 4.78. The van der Waals surface area contributed by atoms with Crippen molar-refractivity contribution in [2.75, 3.05) is 12.4 Å². The molecule has 4 aromatic rings. The highest BCUT2D eigenvalue weighted by atomic mass is 16.5. The van der Waals surface area contributed by atoms with Crippen molar-refractivity contribution in [2.24, 2.45) is 0 Å². The molecule has 0 fully saturated rings. The van der Waals surface area contributed by atoms with Gasteiger partial charge in [0.05, 0.1) is 13.5 Å². The summed E-state index contributed by atoms with van der Waals surface area (Å²) in [4.78, 5) is 12.4. The summed E-state index contributed by atoms with van der Waals surface area (Å²) in [5.74, 6) is 0.630. The molecule has 0 aliphatic rings. The average Bonchev–Trinajstić information content (AvgIpc) is 3.00. The van der Waals surface area contributed by atoms with Gasteiger partial charge in [-0.25, -0.2) is 0 Å². The lowest BCUT2D eigenvalue weighted by atomic mass is 10.1. The summed E-state index contributed by atoms with van der Waals surface area (Å²) in [6, 6.07) is 21.1. The molecule has 0 atom stereocenters. The lowest BCUT2D eigenvalue weighted by Gasteiger charge is -2.09. The van der Waals surface area contributed by atoms with Crippen molar-refractivity contribution >= 4 is 33.5 Å². The summed E-state index contributed by atoms with van der Waals surface area (Å²) >= 11 is 0. The summed E-state index contributed by atoms with van der Waals surface area (Å²) in [7, 11) is 1.61. The highest BCUT2D eigenvalue weighted by Crippen LogP contribution is 2.30. The van der Waals surface area contributed by atoms with E-state index in [1.165, 1.54) is 0 Å². The second-order valence-corrected chi connectivity index (χ2v) is 5.85. The summed E-state index contributed by atoms with van der Waals surface area (Å²) in [6.45, 7) is 0. The molecule has 0 saturated heterocycles. The molecule has 0 bridgehead atoms. The van der Waals surface area contributed by atoms with Gasteiger partial charge >= 0.3 is 0 Å². The van der Waals surface area contributed by atoms with Crippen molar-refractivity contribution < 1.29 is 13.9 Å². The minimum absolute atomic E-state index is 0.0864. The maximum atomic E-state index is 12.4. The normalized spacial score (nSPS) is 10.9. The van der Waals surface area contributed by atoms with E-state index < -0.39 is 0 Å². The minimum Gasteiger partial charge on any atom is -0.496 e. The summed E-state index contributed by atoms with van der Waals surface area (Å²) in [6.07, 6.45) is 0.258. The molecule has 0 aliphatic heterocycles.